The van der Waals surface area contributed by atoms with Crippen LogP contribution in [0.1, 0.15) is 28.8 Å². The highest BCUT2D eigenvalue weighted by atomic mass is 16.1. The van der Waals surface area contributed by atoms with E-state index < -0.39 is 0 Å². The third-order valence-electron chi connectivity index (χ3n) is 5.32. The number of benzene rings is 2. The molecule has 0 aliphatic carbocycles. The van der Waals surface area contributed by atoms with Crippen LogP contribution < -0.4 is 0 Å². The van der Waals surface area contributed by atoms with Gasteiger partial charge in [-0.05, 0) is 43.6 Å². The van der Waals surface area contributed by atoms with Crippen LogP contribution in [0.2, 0.25) is 0 Å². The van der Waals surface area contributed by atoms with Gasteiger partial charge in [0.15, 0.2) is 5.78 Å². The summed E-state index contributed by atoms with van der Waals surface area (Å²) >= 11 is 0. The molecule has 0 bridgehead atoms. The summed E-state index contributed by atoms with van der Waals surface area (Å²) in [7, 11) is 0. The van der Waals surface area contributed by atoms with E-state index in [1.807, 2.05) is 54.7 Å². The third kappa shape index (κ3) is 4.32. The normalized spacial score (nSPS) is 15.6. The molecule has 27 heavy (non-hydrogen) atoms. The number of hydrogen-bond donors (Lipinski definition) is 0. The maximum absolute atomic E-state index is 12.6. The van der Waals surface area contributed by atoms with E-state index in [9.17, 15) is 4.79 Å². The number of piperidine rings is 1. The van der Waals surface area contributed by atoms with E-state index in [1.165, 1.54) is 5.56 Å². The Morgan fingerprint density at radius 3 is 2.30 bits per heavy atom. The van der Waals surface area contributed by atoms with E-state index in [1.54, 1.807) is 0 Å². The van der Waals surface area contributed by atoms with Crippen molar-refractivity contribution in [2.45, 2.75) is 19.4 Å². The lowest BCUT2D eigenvalue weighted by Gasteiger charge is -2.31. The predicted octanol–water partition coefficient (Wildman–Crippen LogP) is 4.84. The summed E-state index contributed by atoms with van der Waals surface area (Å²) in [5, 5.41) is 0. The standard InChI is InChI=1S/C24H24N2O/c27-24(21-9-5-2-6-10-21)22-12-15-26(16-13-22)18-19-11-14-25-23(17-19)20-7-3-1-4-8-20/h1-11,14,17,22H,12-13,15-16,18H2. The average Bonchev–Trinajstić information content (AvgIpc) is 2.75. The van der Waals surface area contributed by atoms with Crippen molar-refractivity contribution >= 4 is 5.78 Å². The van der Waals surface area contributed by atoms with Crippen molar-refractivity contribution in [2.24, 2.45) is 5.92 Å². The molecule has 1 fully saturated rings. The molecule has 1 aliphatic rings. The van der Waals surface area contributed by atoms with E-state index >= 15 is 0 Å². The number of carbonyl (C=O) groups is 1. The van der Waals surface area contributed by atoms with Crippen molar-refractivity contribution in [3.8, 4) is 11.3 Å². The Bertz CT molecular complexity index is 885. The van der Waals surface area contributed by atoms with E-state index in [0.29, 0.717) is 5.78 Å². The molecule has 0 N–H and O–H groups in total. The Morgan fingerprint density at radius 1 is 0.926 bits per heavy atom. The van der Waals surface area contributed by atoms with Crippen molar-refractivity contribution in [1.82, 2.24) is 9.88 Å². The second-order valence-corrected chi connectivity index (χ2v) is 7.20. The maximum atomic E-state index is 12.6. The van der Waals surface area contributed by atoms with Gasteiger partial charge in [-0.1, -0.05) is 60.7 Å². The highest BCUT2D eigenvalue weighted by Gasteiger charge is 2.25. The summed E-state index contributed by atoms with van der Waals surface area (Å²) in [6.45, 7) is 2.84. The molecule has 136 valence electrons. The number of hydrogen-bond acceptors (Lipinski definition) is 3. The lowest BCUT2D eigenvalue weighted by Crippen LogP contribution is -2.36. The largest absolute Gasteiger partial charge is 0.299 e. The summed E-state index contributed by atoms with van der Waals surface area (Å²) in [6, 6.07) is 24.2. The molecule has 1 aromatic heterocycles. The highest BCUT2D eigenvalue weighted by Crippen LogP contribution is 2.24. The molecule has 0 spiro atoms. The zero-order valence-corrected chi connectivity index (χ0v) is 15.4. The minimum absolute atomic E-state index is 0.154. The van der Waals surface area contributed by atoms with Gasteiger partial charge < -0.3 is 0 Å². The molecule has 2 heterocycles. The summed E-state index contributed by atoms with van der Waals surface area (Å²) in [5.41, 5.74) is 4.28. The van der Waals surface area contributed by atoms with Gasteiger partial charge in [0.2, 0.25) is 0 Å². The van der Waals surface area contributed by atoms with Crippen LogP contribution in [-0.4, -0.2) is 28.8 Å². The number of likely N-dealkylation sites (tertiary alicyclic amines) is 1. The van der Waals surface area contributed by atoms with Crippen molar-refractivity contribution in [3.05, 3.63) is 90.1 Å². The fourth-order valence-corrected chi connectivity index (χ4v) is 3.79. The second-order valence-electron chi connectivity index (χ2n) is 7.20. The third-order valence-corrected chi connectivity index (χ3v) is 5.32. The number of rotatable bonds is 5. The first-order valence-electron chi connectivity index (χ1n) is 9.61. The summed E-state index contributed by atoms with van der Waals surface area (Å²) in [6.07, 6.45) is 3.76. The zero-order valence-electron chi connectivity index (χ0n) is 15.4. The highest BCUT2D eigenvalue weighted by molar-refractivity contribution is 5.97. The molecular formula is C24H24N2O. The van der Waals surface area contributed by atoms with E-state index in [0.717, 1.165) is 49.3 Å². The first-order chi connectivity index (χ1) is 13.3. The Kier molecular flexibility index (Phi) is 5.40. The molecule has 0 saturated carbocycles. The molecule has 0 amide bonds. The quantitative estimate of drug-likeness (QED) is 0.613. The fourth-order valence-electron chi connectivity index (χ4n) is 3.79. The fraction of sp³-hybridized carbons (Fsp3) is 0.250. The van der Waals surface area contributed by atoms with Gasteiger partial charge in [0.25, 0.3) is 0 Å². The summed E-state index contributed by atoms with van der Waals surface area (Å²) in [4.78, 5) is 19.6. The number of Topliss-reactive ketones (excluding diaryl/α,β-unsaturated/α-hetero) is 1. The molecule has 4 rings (SSSR count). The molecule has 2 aromatic carbocycles. The SMILES string of the molecule is O=C(c1ccccc1)C1CCN(Cc2ccnc(-c3ccccc3)c2)CC1. The van der Waals surface area contributed by atoms with E-state index in [2.05, 4.69) is 34.1 Å². The van der Waals surface area contributed by atoms with Gasteiger partial charge in [0.05, 0.1) is 5.69 Å². The summed E-state index contributed by atoms with van der Waals surface area (Å²) in [5.74, 6) is 0.450. The van der Waals surface area contributed by atoms with Crippen LogP contribution in [0.25, 0.3) is 11.3 Å². The van der Waals surface area contributed by atoms with Crippen molar-refractivity contribution in [2.75, 3.05) is 13.1 Å². The minimum atomic E-state index is 0.154. The van der Waals surface area contributed by atoms with Crippen molar-refractivity contribution < 1.29 is 4.79 Å². The van der Waals surface area contributed by atoms with Crippen molar-refractivity contribution in [3.63, 3.8) is 0 Å². The number of aromatic nitrogens is 1. The second kappa shape index (κ2) is 8.28. The molecule has 3 heteroatoms. The number of carbonyl (C=O) groups excluding carboxylic acids is 1. The summed E-state index contributed by atoms with van der Waals surface area (Å²) < 4.78 is 0. The van der Waals surface area contributed by atoms with Crippen LogP contribution in [-0.2, 0) is 6.54 Å². The van der Waals surface area contributed by atoms with Gasteiger partial charge in [-0.2, -0.15) is 0 Å². The molecular weight excluding hydrogens is 332 g/mol. The van der Waals surface area contributed by atoms with Gasteiger partial charge in [-0.3, -0.25) is 14.7 Å². The van der Waals surface area contributed by atoms with Gasteiger partial charge in [0.1, 0.15) is 0 Å². The minimum Gasteiger partial charge on any atom is -0.299 e. The number of nitrogens with zero attached hydrogens (tertiary/aromatic N) is 2. The molecule has 3 nitrogen and oxygen atoms in total. The van der Waals surface area contributed by atoms with E-state index in [4.69, 9.17) is 0 Å². The molecule has 0 radical (unpaired) electrons. The van der Waals surface area contributed by atoms with Crippen LogP contribution >= 0.6 is 0 Å². The molecule has 3 aromatic rings. The van der Waals surface area contributed by atoms with Crippen LogP contribution in [0.4, 0.5) is 0 Å². The van der Waals surface area contributed by atoms with Crippen LogP contribution in [0.3, 0.4) is 0 Å². The predicted molar refractivity (Wildman–Crippen MR) is 108 cm³/mol. The lowest BCUT2D eigenvalue weighted by atomic mass is 9.89. The Balaban J connectivity index is 1.36. The monoisotopic (exact) mass is 356 g/mol. The van der Waals surface area contributed by atoms with Crippen LogP contribution in [0.5, 0.6) is 0 Å². The smallest absolute Gasteiger partial charge is 0.166 e. The van der Waals surface area contributed by atoms with E-state index in [-0.39, 0.29) is 5.92 Å². The first kappa shape index (κ1) is 17.6. The molecule has 0 unspecified atom stereocenters. The van der Waals surface area contributed by atoms with Gasteiger partial charge in [-0.25, -0.2) is 0 Å². The maximum Gasteiger partial charge on any atom is 0.166 e. The topological polar surface area (TPSA) is 33.2 Å². The zero-order chi connectivity index (χ0) is 18.5. The van der Waals surface area contributed by atoms with Crippen LogP contribution in [0, 0.1) is 5.92 Å². The van der Waals surface area contributed by atoms with Crippen molar-refractivity contribution in [1.29, 1.82) is 0 Å². The van der Waals surface area contributed by atoms with Gasteiger partial charge in [0, 0.05) is 29.8 Å². The first-order valence-corrected chi connectivity index (χ1v) is 9.61. The number of ketones is 1. The average molecular weight is 356 g/mol. The Labute approximate surface area is 160 Å². The Hall–Kier alpha value is -2.78. The van der Waals surface area contributed by atoms with Crippen LogP contribution in [0.15, 0.2) is 79.0 Å². The molecule has 1 aliphatic heterocycles. The van der Waals surface area contributed by atoms with Gasteiger partial charge in [-0.15, -0.1) is 0 Å². The molecule has 1 saturated heterocycles. The Morgan fingerprint density at radius 2 is 1.59 bits per heavy atom. The molecule has 0 atom stereocenters. The lowest BCUT2D eigenvalue weighted by molar-refractivity contribution is 0.0835. The van der Waals surface area contributed by atoms with Gasteiger partial charge >= 0.3 is 0 Å². The number of pyridine rings is 1.